The molecule has 0 saturated carbocycles. The summed E-state index contributed by atoms with van der Waals surface area (Å²) in [7, 11) is 0. The van der Waals surface area contributed by atoms with Crippen LogP contribution in [-0.2, 0) is 13.1 Å². The van der Waals surface area contributed by atoms with Crippen molar-refractivity contribution in [2.45, 2.75) is 26.9 Å². The second-order valence-corrected chi connectivity index (χ2v) is 5.34. The summed E-state index contributed by atoms with van der Waals surface area (Å²) in [6.45, 7) is 4.66. The van der Waals surface area contributed by atoms with E-state index in [1.807, 2.05) is 31.2 Å². The van der Waals surface area contributed by atoms with Crippen LogP contribution in [0, 0.1) is 24.0 Å². The number of aromatic nitrogens is 5. The Kier molecular flexibility index (Phi) is 3.88. The van der Waals surface area contributed by atoms with Gasteiger partial charge in [0.25, 0.3) is 0 Å². The van der Waals surface area contributed by atoms with Gasteiger partial charge in [0.05, 0.1) is 12.7 Å². The molecule has 0 amide bonds. The van der Waals surface area contributed by atoms with Gasteiger partial charge in [-0.05, 0) is 23.0 Å². The van der Waals surface area contributed by atoms with E-state index >= 15 is 0 Å². The average Bonchev–Trinajstić information content (AvgIpc) is 3.10. The molecule has 2 aromatic heterocycles. The van der Waals surface area contributed by atoms with Gasteiger partial charge in [0, 0.05) is 6.92 Å². The van der Waals surface area contributed by atoms with Crippen LogP contribution < -0.4 is 0 Å². The maximum Gasteiger partial charge on any atom is 0.343 e. The predicted octanol–water partition coefficient (Wildman–Crippen LogP) is 2.10. The van der Waals surface area contributed by atoms with E-state index in [1.54, 1.807) is 17.8 Å². The predicted molar refractivity (Wildman–Crippen MR) is 83.0 cm³/mol. The molecule has 0 aliphatic carbocycles. The molecule has 0 aliphatic rings. The van der Waals surface area contributed by atoms with Crippen molar-refractivity contribution in [2.24, 2.45) is 0 Å². The van der Waals surface area contributed by atoms with Crippen molar-refractivity contribution >= 4 is 5.82 Å². The molecule has 0 radical (unpaired) electrons. The van der Waals surface area contributed by atoms with Gasteiger partial charge in [-0.2, -0.15) is 0 Å². The Bertz CT molecular complexity index is 851. The summed E-state index contributed by atoms with van der Waals surface area (Å²) in [5.41, 5.74) is 3.00. The van der Waals surface area contributed by atoms with E-state index in [0.29, 0.717) is 18.1 Å². The number of hydrogen-bond acceptors (Lipinski definition) is 5. The van der Waals surface area contributed by atoms with Crippen molar-refractivity contribution < 1.29 is 4.92 Å². The second kappa shape index (κ2) is 5.99. The molecule has 3 aromatic rings. The largest absolute Gasteiger partial charge is 0.358 e. The highest BCUT2D eigenvalue weighted by atomic mass is 16.6. The van der Waals surface area contributed by atoms with Gasteiger partial charge in [0.15, 0.2) is 5.82 Å². The van der Waals surface area contributed by atoms with E-state index in [1.165, 1.54) is 16.3 Å². The molecule has 0 saturated heterocycles. The number of nitro groups is 1. The molecule has 0 fully saturated rings. The first kappa shape index (κ1) is 14.9. The molecule has 0 atom stereocenters. The lowest BCUT2D eigenvalue weighted by Gasteiger charge is -2.04. The van der Waals surface area contributed by atoms with Crippen LogP contribution in [0.2, 0.25) is 0 Å². The van der Waals surface area contributed by atoms with Gasteiger partial charge in [0.2, 0.25) is 0 Å². The van der Waals surface area contributed by atoms with Crippen LogP contribution in [0.15, 0.2) is 36.7 Å². The molecule has 0 unspecified atom stereocenters. The van der Waals surface area contributed by atoms with Crippen molar-refractivity contribution in [2.75, 3.05) is 0 Å². The first-order valence-electron chi connectivity index (χ1n) is 7.14. The third kappa shape index (κ3) is 3.10. The fourth-order valence-electron chi connectivity index (χ4n) is 2.41. The van der Waals surface area contributed by atoms with Gasteiger partial charge < -0.3 is 10.1 Å². The molecule has 8 heteroatoms. The van der Waals surface area contributed by atoms with Gasteiger partial charge in [-0.15, -0.1) is 5.10 Å². The van der Waals surface area contributed by atoms with Gasteiger partial charge in [-0.1, -0.05) is 29.5 Å². The Labute approximate surface area is 132 Å². The van der Waals surface area contributed by atoms with Crippen LogP contribution in [0.25, 0.3) is 0 Å². The zero-order valence-corrected chi connectivity index (χ0v) is 12.9. The Hall–Kier alpha value is -3.03. The molecular weight excluding hydrogens is 296 g/mol. The first-order valence-corrected chi connectivity index (χ1v) is 7.14. The lowest BCUT2D eigenvalue weighted by molar-refractivity contribution is -0.392. The van der Waals surface area contributed by atoms with E-state index in [2.05, 4.69) is 15.3 Å². The van der Waals surface area contributed by atoms with Gasteiger partial charge >= 0.3 is 5.82 Å². The molecule has 0 spiro atoms. The Balaban J connectivity index is 1.79. The minimum absolute atomic E-state index is 0.0454. The number of nitrogens with zero attached hydrogens (tertiary/aromatic N) is 6. The van der Waals surface area contributed by atoms with Crippen LogP contribution in [0.3, 0.4) is 0 Å². The van der Waals surface area contributed by atoms with Crippen molar-refractivity contribution in [3.63, 3.8) is 0 Å². The maximum atomic E-state index is 11.0. The molecule has 2 heterocycles. The lowest BCUT2D eigenvalue weighted by Crippen LogP contribution is -2.06. The molecule has 0 bridgehead atoms. The minimum atomic E-state index is -0.447. The number of benzene rings is 1. The quantitative estimate of drug-likeness (QED) is 0.531. The number of hydrogen-bond donors (Lipinski definition) is 0. The molecule has 3 rings (SSSR count). The van der Waals surface area contributed by atoms with Crippen LogP contribution >= 0.6 is 0 Å². The summed E-state index contributed by atoms with van der Waals surface area (Å²) >= 11 is 0. The number of aryl methyl sites for hydroxylation is 2. The van der Waals surface area contributed by atoms with Crippen molar-refractivity contribution in [1.29, 1.82) is 0 Å². The number of rotatable bonds is 5. The first-order chi connectivity index (χ1) is 11.0. The third-order valence-corrected chi connectivity index (χ3v) is 3.72. The molecule has 0 aliphatic heterocycles. The Morgan fingerprint density at radius 1 is 1.22 bits per heavy atom. The standard InChI is InChI=1S/C15H16N6O2/c1-11-5-3-4-6-13(11)8-19-9-14(17-18-19)10-20-12(2)16-7-15(20)21(22)23/h3-7,9H,8,10H2,1-2H3. The highest BCUT2D eigenvalue weighted by Gasteiger charge is 2.19. The summed E-state index contributed by atoms with van der Waals surface area (Å²) < 4.78 is 3.25. The van der Waals surface area contributed by atoms with E-state index in [0.717, 1.165) is 5.56 Å². The Morgan fingerprint density at radius 3 is 2.74 bits per heavy atom. The monoisotopic (exact) mass is 312 g/mol. The molecule has 8 nitrogen and oxygen atoms in total. The second-order valence-electron chi connectivity index (χ2n) is 5.34. The van der Waals surface area contributed by atoms with E-state index in [-0.39, 0.29) is 12.4 Å². The SMILES string of the molecule is Cc1ccccc1Cn1cc(Cn2c([N+](=O)[O-])cnc2C)nn1. The fraction of sp³-hybridized carbons (Fsp3) is 0.267. The highest BCUT2D eigenvalue weighted by molar-refractivity contribution is 5.25. The molecule has 0 N–H and O–H groups in total. The molecule has 1 aromatic carbocycles. The number of imidazole rings is 1. The summed E-state index contributed by atoms with van der Waals surface area (Å²) in [5, 5.41) is 19.2. The fourth-order valence-corrected chi connectivity index (χ4v) is 2.41. The van der Waals surface area contributed by atoms with E-state index < -0.39 is 4.92 Å². The average molecular weight is 312 g/mol. The highest BCUT2D eigenvalue weighted by Crippen LogP contribution is 2.15. The van der Waals surface area contributed by atoms with Gasteiger partial charge in [-0.3, -0.25) is 0 Å². The Morgan fingerprint density at radius 2 is 2.00 bits per heavy atom. The van der Waals surface area contributed by atoms with Gasteiger partial charge in [0.1, 0.15) is 18.4 Å². The van der Waals surface area contributed by atoms with Crippen LogP contribution in [0.4, 0.5) is 5.82 Å². The summed E-state index contributed by atoms with van der Waals surface area (Å²) in [4.78, 5) is 14.6. The van der Waals surface area contributed by atoms with E-state index in [4.69, 9.17) is 0 Å². The summed E-state index contributed by atoms with van der Waals surface area (Å²) in [6, 6.07) is 8.07. The van der Waals surface area contributed by atoms with Crippen LogP contribution in [0.5, 0.6) is 0 Å². The van der Waals surface area contributed by atoms with Crippen molar-refractivity contribution in [3.8, 4) is 0 Å². The van der Waals surface area contributed by atoms with Gasteiger partial charge in [-0.25, -0.2) is 14.2 Å². The van der Waals surface area contributed by atoms with E-state index in [9.17, 15) is 10.1 Å². The molecule has 23 heavy (non-hydrogen) atoms. The third-order valence-electron chi connectivity index (χ3n) is 3.72. The smallest absolute Gasteiger partial charge is 0.343 e. The van der Waals surface area contributed by atoms with Crippen LogP contribution in [0.1, 0.15) is 22.6 Å². The van der Waals surface area contributed by atoms with Crippen molar-refractivity contribution in [3.05, 3.63) is 69.4 Å². The maximum absolute atomic E-state index is 11.0. The zero-order valence-electron chi connectivity index (χ0n) is 12.9. The molecular formula is C15H16N6O2. The van der Waals surface area contributed by atoms with Crippen LogP contribution in [-0.4, -0.2) is 29.5 Å². The van der Waals surface area contributed by atoms with Crippen molar-refractivity contribution in [1.82, 2.24) is 24.5 Å². The zero-order chi connectivity index (χ0) is 16.4. The lowest BCUT2D eigenvalue weighted by atomic mass is 10.1. The summed E-state index contributed by atoms with van der Waals surface area (Å²) in [5.74, 6) is 0.529. The normalized spacial score (nSPS) is 10.9. The topological polar surface area (TPSA) is 91.7 Å². The summed E-state index contributed by atoms with van der Waals surface area (Å²) in [6.07, 6.45) is 3.06. The minimum Gasteiger partial charge on any atom is -0.358 e. The molecule has 118 valence electrons.